The molecule has 0 heterocycles. The molecule has 4 aliphatic rings. The number of fused-ring (bicyclic) bond motifs is 7. The zero-order valence-electron chi connectivity index (χ0n) is 24.6. The Kier molecular flexibility index (Phi) is 7.30. The summed E-state index contributed by atoms with van der Waals surface area (Å²) >= 11 is 0. The quantitative estimate of drug-likeness (QED) is 0.185. The van der Waals surface area contributed by atoms with E-state index >= 15 is 0 Å². The van der Waals surface area contributed by atoms with Crippen molar-refractivity contribution < 1.29 is 62.3 Å². The van der Waals surface area contributed by atoms with E-state index in [9.17, 15) is 28.0 Å². The van der Waals surface area contributed by atoms with E-state index in [4.69, 9.17) is 4.74 Å². The maximum Gasteiger partial charge on any atom is 1.00 e. The van der Waals surface area contributed by atoms with Crippen LogP contribution in [0.1, 0.15) is 102 Å². The maximum atomic E-state index is 12.9. The van der Waals surface area contributed by atoms with Crippen molar-refractivity contribution in [2.75, 3.05) is 7.11 Å². The summed E-state index contributed by atoms with van der Waals surface area (Å²) in [5.74, 6) is -0.662. The Hall–Kier alpha value is -1.06. The predicted molar refractivity (Wildman–Crippen MR) is 143 cm³/mol. The maximum absolute atomic E-state index is 12.9. The smallest absolute Gasteiger partial charge is 0.747 e. The summed E-state index contributed by atoms with van der Waals surface area (Å²) in [6.45, 7) is 12.5. The van der Waals surface area contributed by atoms with Gasteiger partial charge in [-0.25, -0.2) is 8.42 Å². The molecule has 0 radical (unpaired) electrons. The minimum absolute atomic E-state index is 0. The van der Waals surface area contributed by atoms with Crippen molar-refractivity contribution in [3.8, 4) is 11.5 Å². The number of ether oxygens (including phenoxy) is 1. The molecule has 39 heavy (non-hydrogen) atoms. The van der Waals surface area contributed by atoms with Gasteiger partial charge in [-0.15, -0.1) is 0 Å². The van der Waals surface area contributed by atoms with Crippen molar-refractivity contribution in [3.05, 3.63) is 34.4 Å². The molecule has 7 atom stereocenters. The number of allylic oxidation sites excluding steroid dienone is 1. The van der Waals surface area contributed by atoms with Gasteiger partial charge in [0, 0.05) is 5.41 Å². The topological polar surface area (TPSA) is 124 Å². The molecule has 4 aliphatic carbocycles. The van der Waals surface area contributed by atoms with Gasteiger partial charge in [0.2, 0.25) is 0 Å². The fraction of sp³-hybridized carbons (Fsp3) is 0.700. The van der Waals surface area contributed by atoms with Crippen LogP contribution in [-0.4, -0.2) is 36.3 Å². The number of methoxy groups -OCH3 is 1. The number of phenols is 2. The van der Waals surface area contributed by atoms with E-state index in [-0.39, 0.29) is 69.3 Å². The average molecular weight is 569 g/mol. The summed E-state index contributed by atoms with van der Waals surface area (Å²) in [5, 5.41) is 19.6. The Balaban J connectivity index is 0.00000353. The van der Waals surface area contributed by atoms with Crippen molar-refractivity contribution >= 4 is 16.1 Å². The number of esters is 1. The zero-order valence-corrected chi connectivity index (χ0v) is 27.4. The molecule has 3 fully saturated rings. The van der Waals surface area contributed by atoms with Gasteiger partial charge < -0.3 is 19.5 Å². The van der Waals surface area contributed by atoms with E-state index in [0.29, 0.717) is 24.0 Å². The van der Waals surface area contributed by atoms with Crippen LogP contribution >= 0.6 is 0 Å². The molecule has 1 aromatic rings. The molecule has 9 heteroatoms. The van der Waals surface area contributed by atoms with Gasteiger partial charge in [-0.1, -0.05) is 39.3 Å². The van der Waals surface area contributed by atoms with Gasteiger partial charge in [-0.05, 0) is 104 Å². The summed E-state index contributed by atoms with van der Waals surface area (Å²) in [5.41, 5.74) is 0.281. The molecule has 210 valence electrons. The SMILES string of the molecule is COC(=O)[C@]1(C)CC[C@]2(C)CC[C@]3(C)C4=CC(S(=O)(=O)[O-])c5c(cc(O)c(O)c5C)[C@]4(C)CC[C@@]3(C)C2C1.[Na+]. The van der Waals surface area contributed by atoms with Gasteiger partial charge in [0.25, 0.3) is 0 Å². The monoisotopic (exact) mass is 568 g/mol. The molecule has 0 amide bonds. The van der Waals surface area contributed by atoms with Crippen LogP contribution < -0.4 is 29.6 Å². The molecule has 3 saturated carbocycles. The van der Waals surface area contributed by atoms with E-state index in [2.05, 4.69) is 27.7 Å². The molecular formula is C30H41NaO7S. The largest absolute Gasteiger partial charge is 1.00 e. The van der Waals surface area contributed by atoms with E-state index in [1.54, 1.807) is 13.0 Å². The van der Waals surface area contributed by atoms with Crippen molar-refractivity contribution in [2.24, 2.45) is 27.6 Å². The van der Waals surface area contributed by atoms with Crippen LogP contribution in [0, 0.1) is 34.5 Å². The van der Waals surface area contributed by atoms with Crippen LogP contribution in [-0.2, 0) is 25.1 Å². The standard InChI is InChI=1S/C30H42O7S.Na/c1-17-23-18(14-19(31)24(17)32)28(4)11-13-30(6)22-16-27(3,25(33)37-7)9-8-26(22,2)10-12-29(30,5)21(28)15-20(23)38(34,35)36;/h14-15,20,22,31-32H,8-13,16H2,1-7H3,(H,34,35,36);/q;+1/p-1/t20?,22?,26-,27-,28+,29-,30+;/m1./s1. The molecule has 0 aliphatic heterocycles. The number of aromatic hydroxyl groups is 2. The van der Waals surface area contributed by atoms with Crippen LogP contribution in [0.15, 0.2) is 17.7 Å². The summed E-state index contributed by atoms with van der Waals surface area (Å²) < 4.78 is 43.3. The molecule has 2 N–H and O–H groups in total. The second-order valence-corrected chi connectivity index (χ2v) is 15.4. The fourth-order valence-electron chi connectivity index (χ4n) is 9.35. The number of rotatable bonds is 2. The van der Waals surface area contributed by atoms with Crippen LogP contribution in [0.4, 0.5) is 0 Å². The van der Waals surface area contributed by atoms with Gasteiger partial charge >= 0.3 is 35.5 Å². The third-order valence-electron chi connectivity index (χ3n) is 12.1. The van der Waals surface area contributed by atoms with Gasteiger partial charge in [0.15, 0.2) is 11.5 Å². The summed E-state index contributed by atoms with van der Waals surface area (Å²) in [6.07, 6.45) is 7.44. The molecule has 2 unspecified atom stereocenters. The summed E-state index contributed by atoms with van der Waals surface area (Å²) in [4.78, 5) is 12.9. The molecule has 5 rings (SSSR count). The first-order chi connectivity index (χ1) is 17.4. The predicted octanol–water partition coefficient (Wildman–Crippen LogP) is 2.78. The van der Waals surface area contributed by atoms with Crippen LogP contribution in [0.2, 0.25) is 0 Å². The third-order valence-corrected chi connectivity index (χ3v) is 13.1. The number of carbonyl (C=O) groups is 1. The van der Waals surface area contributed by atoms with E-state index in [1.165, 1.54) is 13.2 Å². The molecule has 0 bridgehead atoms. The Bertz CT molecular complexity index is 1370. The molecule has 0 aromatic heterocycles. The van der Waals surface area contributed by atoms with Gasteiger partial charge in [-0.3, -0.25) is 4.79 Å². The van der Waals surface area contributed by atoms with Crippen LogP contribution in [0.3, 0.4) is 0 Å². The minimum atomic E-state index is -4.80. The number of phenolic OH excluding ortho intramolecular Hbond substituents is 2. The Morgan fingerprint density at radius 2 is 1.64 bits per heavy atom. The zero-order chi connectivity index (χ0) is 28.3. The van der Waals surface area contributed by atoms with E-state index < -0.39 is 31.6 Å². The van der Waals surface area contributed by atoms with Crippen molar-refractivity contribution in [1.29, 1.82) is 0 Å². The molecular weight excluding hydrogens is 527 g/mol. The van der Waals surface area contributed by atoms with Gasteiger partial charge in [-0.2, -0.15) is 0 Å². The summed E-state index contributed by atoms with van der Waals surface area (Å²) in [6, 6.07) is 1.47. The molecule has 7 nitrogen and oxygen atoms in total. The minimum Gasteiger partial charge on any atom is -0.747 e. The molecule has 0 spiro atoms. The second-order valence-electron chi connectivity index (χ2n) is 13.9. The van der Waals surface area contributed by atoms with E-state index in [1.807, 2.05) is 6.92 Å². The third kappa shape index (κ3) is 4.02. The van der Waals surface area contributed by atoms with Gasteiger partial charge in [0.1, 0.15) is 10.1 Å². The Morgan fingerprint density at radius 1 is 1.03 bits per heavy atom. The van der Waals surface area contributed by atoms with Gasteiger partial charge in [0.05, 0.1) is 17.8 Å². The number of hydrogen-bond acceptors (Lipinski definition) is 7. The van der Waals surface area contributed by atoms with Crippen LogP contribution in [0.5, 0.6) is 11.5 Å². The molecule has 1 aromatic carbocycles. The average Bonchev–Trinajstić information content (AvgIpc) is 2.84. The number of hydrogen-bond donors (Lipinski definition) is 2. The second kappa shape index (κ2) is 9.22. The Morgan fingerprint density at radius 3 is 2.23 bits per heavy atom. The van der Waals surface area contributed by atoms with Crippen molar-refractivity contribution in [1.82, 2.24) is 0 Å². The number of benzene rings is 1. The molecule has 0 saturated heterocycles. The summed E-state index contributed by atoms with van der Waals surface area (Å²) in [7, 11) is -3.35. The Labute approximate surface area is 254 Å². The number of carbonyl (C=O) groups excluding carboxylic acids is 1. The first-order valence-electron chi connectivity index (χ1n) is 13.7. The first kappa shape index (κ1) is 30.9. The normalized spacial score (nSPS) is 41.1. The fourth-order valence-corrected chi connectivity index (χ4v) is 10.2. The van der Waals surface area contributed by atoms with E-state index in [0.717, 1.165) is 37.7 Å². The first-order valence-corrected chi connectivity index (χ1v) is 15.2. The van der Waals surface area contributed by atoms with Crippen LogP contribution in [0.25, 0.3) is 0 Å². The van der Waals surface area contributed by atoms with Crippen molar-refractivity contribution in [3.63, 3.8) is 0 Å². The van der Waals surface area contributed by atoms with Crippen molar-refractivity contribution in [2.45, 2.75) is 97.2 Å².